The van der Waals surface area contributed by atoms with Crippen LogP contribution in [0.25, 0.3) is 0 Å². The first-order valence-corrected chi connectivity index (χ1v) is 35.4. The molecule has 0 rings (SSSR count). The van der Waals surface area contributed by atoms with Crippen molar-refractivity contribution in [2.75, 3.05) is 0 Å². The molecule has 439 valence electrons. The number of rotatable bonds is 57. The molecule has 0 saturated heterocycles. The average molecular weight is 1230 g/mol. The van der Waals surface area contributed by atoms with Gasteiger partial charge in [-0.25, -0.2) is 0 Å². The molecular formula is C60H126NdO9P3. The quantitative estimate of drug-likeness (QED) is 0.0429. The zero-order valence-corrected chi connectivity index (χ0v) is 55.7. The van der Waals surface area contributed by atoms with E-state index in [2.05, 4.69) is 41.5 Å². The summed E-state index contributed by atoms with van der Waals surface area (Å²) < 4.78 is 48.2. The summed E-state index contributed by atoms with van der Waals surface area (Å²) in [6, 6.07) is 0. The van der Waals surface area contributed by atoms with E-state index in [1.807, 2.05) is 0 Å². The van der Waals surface area contributed by atoms with Gasteiger partial charge in [-0.2, -0.15) is 0 Å². The van der Waals surface area contributed by atoms with E-state index in [4.69, 9.17) is 13.6 Å². The number of hydrogen-bond donors (Lipinski definition) is 0. The first-order chi connectivity index (χ1) is 35.1. The number of unbranched alkanes of at least 4 members (excludes halogenated alkanes) is 39. The molecule has 6 atom stereocenters. The molecule has 0 aliphatic rings. The van der Waals surface area contributed by atoms with Crippen molar-refractivity contribution in [3.05, 3.63) is 0 Å². The summed E-state index contributed by atoms with van der Waals surface area (Å²) in [5.74, 6) is 0. The SMILES string of the molecule is CCCCCCCCCCC(CCCCCCCCC)O[PH](=O)[O-].CCCCCCCCCCC(CCCCCCCCC)O[PH](=O)[O-].CCCCCCCCCCC(CCCCCCCCC)O[PH](=O)[O-].[Nd+3]. The van der Waals surface area contributed by atoms with Crippen LogP contribution in [0.1, 0.15) is 369 Å². The summed E-state index contributed by atoms with van der Waals surface area (Å²) >= 11 is 0. The molecule has 0 saturated carbocycles. The average Bonchev–Trinajstić information content (AvgIpc) is 3.35. The Morgan fingerprint density at radius 2 is 0.342 bits per heavy atom. The van der Waals surface area contributed by atoms with Crippen LogP contribution in [-0.4, -0.2) is 18.3 Å². The van der Waals surface area contributed by atoms with Crippen LogP contribution in [0.5, 0.6) is 0 Å². The van der Waals surface area contributed by atoms with E-state index in [-0.39, 0.29) is 59.2 Å². The van der Waals surface area contributed by atoms with Crippen molar-refractivity contribution in [2.24, 2.45) is 0 Å². The van der Waals surface area contributed by atoms with Gasteiger partial charge in [0.15, 0.2) is 0 Å². The Kier molecular flexibility index (Phi) is 80.0. The van der Waals surface area contributed by atoms with Gasteiger partial charge in [0, 0.05) is 0 Å². The van der Waals surface area contributed by atoms with Crippen LogP contribution in [0.15, 0.2) is 0 Å². The molecular weight excluding hydrogens is 1100 g/mol. The zero-order chi connectivity index (χ0) is 53.6. The van der Waals surface area contributed by atoms with E-state index < -0.39 is 24.8 Å². The monoisotopic (exact) mass is 1230 g/mol. The molecule has 0 bridgehead atoms. The molecule has 0 aliphatic carbocycles. The van der Waals surface area contributed by atoms with Crippen molar-refractivity contribution in [2.45, 2.75) is 387 Å². The van der Waals surface area contributed by atoms with Gasteiger partial charge < -0.3 is 41.9 Å². The second-order valence-electron chi connectivity index (χ2n) is 21.5. The molecule has 9 nitrogen and oxygen atoms in total. The van der Waals surface area contributed by atoms with Crippen molar-refractivity contribution in [1.82, 2.24) is 0 Å². The third kappa shape index (κ3) is 75.9. The molecule has 13 heteroatoms. The summed E-state index contributed by atoms with van der Waals surface area (Å²) in [5.41, 5.74) is 0. The predicted molar refractivity (Wildman–Crippen MR) is 311 cm³/mol. The molecule has 0 aromatic rings. The van der Waals surface area contributed by atoms with E-state index in [9.17, 15) is 28.4 Å². The van der Waals surface area contributed by atoms with E-state index in [1.165, 1.54) is 250 Å². The van der Waals surface area contributed by atoms with Crippen molar-refractivity contribution < 1.29 is 82.8 Å². The summed E-state index contributed by atoms with van der Waals surface area (Å²) in [6.45, 7) is 13.4. The third-order valence-corrected chi connectivity index (χ3v) is 15.9. The fourth-order valence-electron chi connectivity index (χ4n) is 9.70. The van der Waals surface area contributed by atoms with Gasteiger partial charge >= 0.3 is 40.8 Å². The molecule has 0 amide bonds. The van der Waals surface area contributed by atoms with Gasteiger partial charge in [-0.05, 0) is 38.5 Å². The van der Waals surface area contributed by atoms with Gasteiger partial charge in [0.25, 0.3) is 0 Å². The predicted octanol–water partition coefficient (Wildman–Crippen LogP) is 20.4. The van der Waals surface area contributed by atoms with Gasteiger partial charge in [-0.15, -0.1) is 0 Å². The fraction of sp³-hybridized carbons (Fsp3) is 1.00. The van der Waals surface area contributed by atoms with Crippen LogP contribution in [-0.2, 0) is 27.3 Å². The van der Waals surface area contributed by atoms with Crippen LogP contribution in [0, 0.1) is 40.8 Å². The third-order valence-electron chi connectivity index (χ3n) is 14.3. The molecule has 0 fully saturated rings. The molecule has 0 heterocycles. The Bertz CT molecular complexity index is 951. The van der Waals surface area contributed by atoms with E-state index >= 15 is 0 Å². The smallest absolute Gasteiger partial charge is 0.781 e. The summed E-state index contributed by atoms with van der Waals surface area (Å²) in [5, 5.41) is 0. The maximum Gasteiger partial charge on any atom is 3.00 e. The minimum absolute atomic E-state index is 0. The van der Waals surface area contributed by atoms with Crippen LogP contribution in [0.3, 0.4) is 0 Å². The van der Waals surface area contributed by atoms with Crippen LogP contribution in [0.4, 0.5) is 0 Å². The molecule has 0 N–H and O–H groups in total. The minimum atomic E-state index is -3.04. The Hall–Kier alpha value is 1.80. The van der Waals surface area contributed by atoms with Gasteiger partial charge in [0.1, 0.15) is 24.8 Å². The normalized spacial score (nSPS) is 13.8. The van der Waals surface area contributed by atoms with Crippen molar-refractivity contribution in [3.63, 3.8) is 0 Å². The molecule has 0 spiro atoms. The zero-order valence-electron chi connectivity index (χ0n) is 49.5. The summed E-state index contributed by atoms with van der Waals surface area (Å²) in [7, 11) is -9.13. The maximum atomic E-state index is 10.9. The van der Waals surface area contributed by atoms with Crippen LogP contribution < -0.4 is 14.7 Å². The van der Waals surface area contributed by atoms with Crippen LogP contribution in [0.2, 0.25) is 0 Å². The first-order valence-electron chi connectivity index (χ1n) is 31.7. The van der Waals surface area contributed by atoms with E-state index in [1.54, 1.807) is 0 Å². The first kappa shape index (κ1) is 81.3. The maximum absolute atomic E-state index is 10.9. The molecule has 0 aromatic heterocycles. The summed E-state index contributed by atoms with van der Waals surface area (Å²) in [4.78, 5) is 32.7. The van der Waals surface area contributed by atoms with E-state index in [0.717, 1.165) is 77.0 Å². The fourth-order valence-corrected chi connectivity index (χ4v) is 11.2. The Morgan fingerprint density at radius 3 is 0.452 bits per heavy atom. The van der Waals surface area contributed by atoms with Crippen molar-refractivity contribution in [1.29, 1.82) is 0 Å². The second kappa shape index (κ2) is 71.8. The molecule has 73 heavy (non-hydrogen) atoms. The Morgan fingerprint density at radius 1 is 0.233 bits per heavy atom. The molecule has 6 unspecified atom stereocenters. The second-order valence-corrected chi connectivity index (χ2v) is 23.7. The Labute approximate surface area is 491 Å². The van der Waals surface area contributed by atoms with Gasteiger partial charge in [-0.3, -0.25) is 0 Å². The van der Waals surface area contributed by atoms with Gasteiger partial charge in [0.2, 0.25) is 0 Å². The van der Waals surface area contributed by atoms with Gasteiger partial charge in [0.05, 0.1) is 18.3 Å². The molecule has 0 aliphatic heterocycles. The van der Waals surface area contributed by atoms with Gasteiger partial charge in [-0.1, -0.05) is 330 Å². The molecule has 0 aromatic carbocycles. The topological polar surface area (TPSA) is 148 Å². The van der Waals surface area contributed by atoms with Crippen molar-refractivity contribution >= 4 is 24.8 Å². The summed E-state index contributed by atoms with van der Waals surface area (Å²) in [6.07, 6.45) is 62.6. The standard InChI is InChI=1S/3C20H43O3P.Nd/c3*1-3-5-7-9-11-13-15-17-19-20(23-24(21)22)18-16-14-12-10-8-6-4-2;/h3*20,24H,3-19H2,1-2H3,(H,21,22);/q;;;+3/p-3. The van der Waals surface area contributed by atoms with Crippen LogP contribution >= 0.6 is 24.8 Å². The number of hydrogen-bond acceptors (Lipinski definition) is 9. The largest absolute Gasteiger partial charge is 3.00 e. The molecule has 1 radical (unpaired) electrons. The van der Waals surface area contributed by atoms with Crippen molar-refractivity contribution in [3.8, 4) is 0 Å². The Balaban J connectivity index is -0.000000486. The van der Waals surface area contributed by atoms with E-state index in [0.29, 0.717) is 0 Å². The minimum Gasteiger partial charge on any atom is -0.781 e.